The van der Waals surface area contributed by atoms with E-state index in [2.05, 4.69) is 42.2 Å². The maximum Gasteiger partial charge on any atom is 0.253 e. The van der Waals surface area contributed by atoms with E-state index in [1.807, 2.05) is 0 Å². The highest BCUT2D eigenvalue weighted by atomic mass is 79.9. The predicted molar refractivity (Wildman–Crippen MR) is 74.4 cm³/mol. The molecule has 0 saturated heterocycles. The lowest BCUT2D eigenvalue weighted by Gasteiger charge is -2.28. The van der Waals surface area contributed by atoms with E-state index in [9.17, 15) is 4.79 Å². The van der Waals surface area contributed by atoms with Gasteiger partial charge in [-0.05, 0) is 34.8 Å². The molecule has 0 atom stereocenters. The van der Waals surface area contributed by atoms with Crippen LogP contribution in [0.25, 0.3) is 0 Å². The molecule has 1 aromatic rings. The van der Waals surface area contributed by atoms with Crippen LogP contribution >= 0.6 is 31.9 Å². The average Bonchev–Trinajstić information content (AvgIpc) is 2.78. The molecule has 0 bridgehead atoms. The molecule has 0 radical (unpaired) electrons. The van der Waals surface area contributed by atoms with Crippen molar-refractivity contribution in [1.82, 2.24) is 10.3 Å². The Bertz CT molecular complexity index is 417. The molecular formula is C12H14Br2N2O. The van der Waals surface area contributed by atoms with E-state index >= 15 is 0 Å². The number of carbonyl (C=O) groups excluding carboxylic acids is 1. The molecule has 1 saturated carbocycles. The Labute approximate surface area is 118 Å². The zero-order chi connectivity index (χ0) is 12.3. The van der Waals surface area contributed by atoms with Gasteiger partial charge in [0.1, 0.15) is 0 Å². The first kappa shape index (κ1) is 13.0. The van der Waals surface area contributed by atoms with E-state index in [1.54, 1.807) is 18.5 Å². The molecule has 1 N–H and O–H groups in total. The molecule has 1 fully saturated rings. The number of halogens is 2. The van der Waals surface area contributed by atoms with Crippen molar-refractivity contribution in [3.63, 3.8) is 0 Å². The Hall–Kier alpha value is -0.420. The molecule has 0 aromatic carbocycles. The SMILES string of the molecule is O=C(NC1(CBr)CCCC1)c1cncc(Br)c1. The van der Waals surface area contributed by atoms with Crippen LogP contribution in [-0.2, 0) is 0 Å². The quantitative estimate of drug-likeness (QED) is 0.839. The average molecular weight is 362 g/mol. The summed E-state index contributed by atoms with van der Waals surface area (Å²) in [6.45, 7) is 0. The zero-order valence-corrected chi connectivity index (χ0v) is 12.6. The standard InChI is InChI=1S/C12H14Br2N2O/c13-8-12(3-1-2-4-12)16-11(17)9-5-10(14)7-15-6-9/h5-7H,1-4,8H2,(H,16,17). The summed E-state index contributed by atoms with van der Waals surface area (Å²) < 4.78 is 0.824. The van der Waals surface area contributed by atoms with E-state index in [-0.39, 0.29) is 11.4 Å². The normalized spacial score (nSPS) is 18.0. The summed E-state index contributed by atoms with van der Waals surface area (Å²) in [5.41, 5.74) is 0.533. The molecule has 0 aliphatic heterocycles. The van der Waals surface area contributed by atoms with Gasteiger partial charge in [0, 0.05) is 22.2 Å². The van der Waals surface area contributed by atoms with Gasteiger partial charge in [0.2, 0.25) is 0 Å². The monoisotopic (exact) mass is 360 g/mol. The third-order valence-electron chi connectivity index (χ3n) is 3.16. The van der Waals surface area contributed by atoms with Gasteiger partial charge in [-0.15, -0.1) is 0 Å². The smallest absolute Gasteiger partial charge is 0.253 e. The zero-order valence-electron chi connectivity index (χ0n) is 9.38. The fourth-order valence-electron chi connectivity index (χ4n) is 2.19. The van der Waals surface area contributed by atoms with Gasteiger partial charge < -0.3 is 5.32 Å². The van der Waals surface area contributed by atoms with Crippen molar-refractivity contribution in [3.05, 3.63) is 28.5 Å². The molecule has 1 amide bonds. The summed E-state index contributed by atoms with van der Waals surface area (Å²) in [7, 11) is 0. The van der Waals surface area contributed by atoms with Crippen LogP contribution in [0, 0.1) is 0 Å². The second kappa shape index (κ2) is 5.48. The van der Waals surface area contributed by atoms with Gasteiger partial charge in [-0.2, -0.15) is 0 Å². The van der Waals surface area contributed by atoms with Crippen molar-refractivity contribution >= 4 is 37.8 Å². The fraction of sp³-hybridized carbons (Fsp3) is 0.500. The first-order valence-corrected chi connectivity index (χ1v) is 7.56. The number of aromatic nitrogens is 1. The van der Waals surface area contributed by atoms with Gasteiger partial charge in [-0.3, -0.25) is 9.78 Å². The molecular weight excluding hydrogens is 348 g/mol. The summed E-state index contributed by atoms with van der Waals surface area (Å²) in [6, 6.07) is 1.79. The summed E-state index contributed by atoms with van der Waals surface area (Å²) in [5.74, 6) is -0.0415. The van der Waals surface area contributed by atoms with Crippen molar-refractivity contribution in [2.45, 2.75) is 31.2 Å². The Kier molecular flexibility index (Phi) is 4.20. The number of hydrogen-bond acceptors (Lipinski definition) is 2. The van der Waals surface area contributed by atoms with E-state index in [0.29, 0.717) is 5.56 Å². The van der Waals surface area contributed by atoms with Crippen molar-refractivity contribution in [1.29, 1.82) is 0 Å². The topological polar surface area (TPSA) is 42.0 Å². The van der Waals surface area contributed by atoms with Gasteiger partial charge in [0.25, 0.3) is 5.91 Å². The molecule has 1 aliphatic carbocycles. The van der Waals surface area contributed by atoms with E-state index in [1.165, 1.54) is 12.8 Å². The van der Waals surface area contributed by atoms with E-state index < -0.39 is 0 Å². The van der Waals surface area contributed by atoms with Crippen LogP contribution in [0.1, 0.15) is 36.0 Å². The van der Waals surface area contributed by atoms with Crippen LogP contribution in [-0.4, -0.2) is 21.8 Å². The molecule has 0 unspecified atom stereocenters. The first-order valence-electron chi connectivity index (χ1n) is 5.64. The lowest BCUT2D eigenvalue weighted by Crippen LogP contribution is -2.47. The Balaban J connectivity index is 2.11. The largest absolute Gasteiger partial charge is 0.346 e. The predicted octanol–water partition coefficient (Wildman–Crippen LogP) is 3.28. The number of carbonyl (C=O) groups is 1. The highest BCUT2D eigenvalue weighted by Crippen LogP contribution is 2.31. The maximum atomic E-state index is 12.1. The highest BCUT2D eigenvalue weighted by Gasteiger charge is 2.34. The van der Waals surface area contributed by atoms with Gasteiger partial charge in [0.15, 0.2) is 0 Å². The molecule has 1 heterocycles. The van der Waals surface area contributed by atoms with Crippen LogP contribution in [0.3, 0.4) is 0 Å². The third-order valence-corrected chi connectivity index (χ3v) is 4.67. The Morgan fingerprint density at radius 3 is 2.71 bits per heavy atom. The van der Waals surface area contributed by atoms with Crippen molar-refractivity contribution < 1.29 is 4.79 Å². The number of hydrogen-bond donors (Lipinski definition) is 1. The van der Waals surface area contributed by atoms with E-state index in [0.717, 1.165) is 22.6 Å². The van der Waals surface area contributed by atoms with Gasteiger partial charge in [-0.1, -0.05) is 28.8 Å². The fourth-order valence-corrected chi connectivity index (χ4v) is 3.26. The molecule has 2 rings (SSSR count). The second-order valence-corrected chi connectivity index (χ2v) is 5.94. The van der Waals surface area contributed by atoms with Crippen LogP contribution < -0.4 is 5.32 Å². The molecule has 3 nitrogen and oxygen atoms in total. The lowest BCUT2D eigenvalue weighted by molar-refractivity contribution is 0.0910. The van der Waals surface area contributed by atoms with Crippen LogP contribution in [0.4, 0.5) is 0 Å². The Morgan fingerprint density at radius 2 is 2.12 bits per heavy atom. The van der Waals surface area contributed by atoms with Gasteiger partial charge in [0.05, 0.1) is 11.1 Å². The molecule has 0 spiro atoms. The van der Waals surface area contributed by atoms with Gasteiger partial charge >= 0.3 is 0 Å². The second-order valence-electron chi connectivity index (χ2n) is 4.47. The van der Waals surface area contributed by atoms with Crippen LogP contribution in [0.5, 0.6) is 0 Å². The number of rotatable bonds is 3. The molecule has 1 aromatic heterocycles. The van der Waals surface area contributed by atoms with E-state index in [4.69, 9.17) is 0 Å². The summed E-state index contributed by atoms with van der Waals surface area (Å²) >= 11 is 6.83. The molecule has 5 heteroatoms. The highest BCUT2D eigenvalue weighted by molar-refractivity contribution is 9.10. The first-order chi connectivity index (χ1) is 8.15. The number of pyridine rings is 1. The van der Waals surface area contributed by atoms with Crippen LogP contribution in [0.15, 0.2) is 22.9 Å². The third kappa shape index (κ3) is 3.07. The maximum absolute atomic E-state index is 12.1. The minimum Gasteiger partial charge on any atom is -0.346 e. The number of nitrogens with one attached hydrogen (secondary N) is 1. The summed E-state index contributed by atoms with van der Waals surface area (Å²) in [5, 5.41) is 3.95. The van der Waals surface area contributed by atoms with Crippen molar-refractivity contribution in [3.8, 4) is 0 Å². The number of nitrogens with zero attached hydrogens (tertiary/aromatic N) is 1. The number of alkyl halides is 1. The Morgan fingerprint density at radius 1 is 1.41 bits per heavy atom. The van der Waals surface area contributed by atoms with Crippen molar-refractivity contribution in [2.24, 2.45) is 0 Å². The lowest BCUT2D eigenvalue weighted by atomic mass is 10.00. The molecule has 1 aliphatic rings. The molecule has 17 heavy (non-hydrogen) atoms. The van der Waals surface area contributed by atoms with Crippen molar-refractivity contribution in [2.75, 3.05) is 5.33 Å². The number of amides is 1. The van der Waals surface area contributed by atoms with Crippen LogP contribution in [0.2, 0.25) is 0 Å². The molecule has 92 valence electrons. The minimum atomic E-state index is -0.0700. The van der Waals surface area contributed by atoms with Gasteiger partial charge in [-0.25, -0.2) is 0 Å². The summed E-state index contributed by atoms with van der Waals surface area (Å²) in [4.78, 5) is 16.1. The summed E-state index contributed by atoms with van der Waals surface area (Å²) in [6.07, 6.45) is 7.73. The minimum absolute atomic E-state index is 0.0415.